The Kier molecular flexibility index (Phi) is 1.95. The van der Waals surface area contributed by atoms with Crippen LogP contribution in [0.25, 0.3) is 0 Å². The molecule has 11 heavy (non-hydrogen) atoms. The molecule has 0 aromatic rings. The van der Waals surface area contributed by atoms with Crippen molar-refractivity contribution in [1.82, 2.24) is 0 Å². The van der Waals surface area contributed by atoms with E-state index >= 15 is 0 Å². The van der Waals surface area contributed by atoms with Gasteiger partial charge >= 0.3 is 0 Å². The number of hydrogen-bond acceptors (Lipinski definition) is 3. The molecule has 1 amide bonds. The minimum absolute atomic E-state index is 0.182. The summed E-state index contributed by atoms with van der Waals surface area (Å²) < 4.78 is 0. The van der Waals surface area contributed by atoms with E-state index in [0.717, 1.165) is 6.42 Å². The maximum Gasteiger partial charge on any atom is 0.257 e. The quantitative estimate of drug-likeness (QED) is 0.496. The summed E-state index contributed by atoms with van der Waals surface area (Å²) in [6.45, 7) is 0. The van der Waals surface area contributed by atoms with Crippen LogP contribution in [-0.4, -0.2) is 22.4 Å². The predicted molar refractivity (Wildman–Crippen MR) is 37.6 cm³/mol. The molecule has 0 aliphatic heterocycles. The van der Waals surface area contributed by atoms with Gasteiger partial charge in [-0.1, -0.05) is 0 Å². The highest BCUT2D eigenvalue weighted by molar-refractivity contribution is 6.08. The van der Waals surface area contributed by atoms with E-state index in [1.165, 1.54) is 0 Å². The molecule has 1 aliphatic rings. The minimum atomic E-state index is -1.86. The second-order valence-corrected chi connectivity index (χ2v) is 2.85. The fourth-order valence-electron chi connectivity index (χ4n) is 1.27. The smallest absolute Gasteiger partial charge is 0.257 e. The van der Waals surface area contributed by atoms with Gasteiger partial charge in [-0.15, -0.1) is 0 Å². The van der Waals surface area contributed by atoms with Crippen LogP contribution in [0.2, 0.25) is 0 Å². The van der Waals surface area contributed by atoms with Crippen LogP contribution in [0, 0.1) is 0 Å². The van der Waals surface area contributed by atoms with Crippen LogP contribution in [0.1, 0.15) is 25.7 Å². The highest BCUT2D eigenvalue weighted by Crippen LogP contribution is 2.24. The summed E-state index contributed by atoms with van der Waals surface area (Å²) in [4.78, 5) is 21.6. The van der Waals surface area contributed by atoms with Crippen molar-refractivity contribution in [1.29, 1.82) is 0 Å². The number of primary amides is 1. The fraction of sp³-hybridized carbons (Fsp3) is 0.714. The molecule has 62 valence electrons. The van der Waals surface area contributed by atoms with Crippen LogP contribution in [0.15, 0.2) is 0 Å². The molecule has 0 spiro atoms. The van der Waals surface area contributed by atoms with Crippen molar-refractivity contribution in [3.05, 3.63) is 0 Å². The largest absolute Gasteiger partial charge is 0.373 e. The number of amides is 1. The standard InChI is InChI=1S/C7H11NO3/c8-6(10)7(11)4-2-1-3-5(7)9/h11H,1-4H2,(H2,8,10). The molecule has 1 saturated carbocycles. The third-order valence-electron chi connectivity index (χ3n) is 2.06. The maximum atomic E-state index is 11.0. The van der Waals surface area contributed by atoms with Gasteiger partial charge in [-0.25, -0.2) is 0 Å². The predicted octanol–water partition coefficient (Wildman–Crippen LogP) is -0.654. The minimum Gasteiger partial charge on any atom is -0.373 e. The van der Waals surface area contributed by atoms with Crippen molar-refractivity contribution in [3.8, 4) is 0 Å². The van der Waals surface area contributed by atoms with E-state index in [2.05, 4.69) is 0 Å². The second kappa shape index (κ2) is 2.62. The first kappa shape index (κ1) is 8.20. The molecule has 1 aliphatic carbocycles. The Hall–Kier alpha value is -0.900. The number of carbonyl (C=O) groups excluding carboxylic acids is 2. The Labute approximate surface area is 64.4 Å². The first-order chi connectivity index (χ1) is 5.07. The molecule has 1 fully saturated rings. The van der Waals surface area contributed by atoms with E-state index in [0.29, 0.717) is 6.42 Å². The van der Waals surface area contributed by atoms with Gasteiger partial charge in [-0.2, -0.15) is 0 Å². The lowest BCUT2D eigenvalue weighted by atomic mass is 9.83. The average molecular weight is 157 g/mol. The molecular formula is C7H11NO3. The third kappa shape index (κ3) is 1.26. The highest BCUT2D eigenvalue weighted by Gasteiger charge is 2.42. The van der Waals surface area contributed by atoms with Crippen molar-refractivity contribution in [2.24, 2.45) is 5.73 Å². The lowest BCUT2D eigenvalue weighted by Gasteiger charge is -2.26. The van der Waals surface area contributed by atoms with Crippen molar-refractivity contribution in [2.45, 2.75) is 31.3 Å². The Balaban J connectivity index is 2.81. The lowest BCUT2D eigenvalue weighted by molar-refractivity contribution is -0.153. The molecule has 1 rings (SSSR count). The van der Waals surface area contributed by atoms with E-state index in [4.69, 9.17) is 5.73 Å². The molecule has 4 heteroatoms. The van der Waals surface area contributed by atoms with E-state index in [9.17, 15) is 14.7 Å². The number of nitrogens with two attached hydrogens (primary N) is 1. The Morgan fingerprint density at radius 3 is 2.55 bits per heavy atom. The summed E-state index contributed by atoms with van der Waals surface area (Å²) in [7, 11) is 0. The van der Waals surface area contributed by atoms with Gasteiger partial charge in [0.2, 0.25) is 5.60 Å². The molecule has 0 radical (unpaired) electrons. The third-order valence-corrected chi connectivity index (χ3v) is 2.06. The highest BCUT2D eigenvalue weighted by atomic mass is 16.3. The number of aliphatic hydroxyl groups is 1. The normalized spacial score (nSPS) is 31.9. The van der Waals surface area contributed by atoms with Crippen molar-refractivity contribution in [2.75, 3.05) is 0 Å². The average Bonchev–Trinajstić information content (AvgIpc) is 1.95. The molecule has 0 heterocycles. The lowest BCUT2D eigenvalue weighted by Crippen LogP contribution is -2.52. The molecule has 0 saturated heterocycles. The van der Waals surface area contributed by atoms with Crippen LogP contribution in [0.3, 0.4) is 0 Å². The molecule has 4 nitrogen and oxygen atoms in total. The van der Waals surface area contributed by atoms with Crippen molar-refractivity contribution in [3.63, 3.8) is 0 Å². The van der Waals surface area contributed by atoms with Gasteiger partial charge in [-0.05, 0) is 19.3 Å². The molecular weight excluding hydrogens is 146 g/mol. The van der Waals surface area contributed by atoms with Gasteiger partial charge in [0.15, 0.2) is 5.78 Å². The zero-order valence-corrected chi connectivity index (χ0v) is 6.17. The van der Waals surface area contributed by atoms with Crippen LogP contribution in [0.4, 0.5) is 0 Å². The monoisotopic (exact) mass is 157 g/mol. The van der Waals surface area contributed by atoms with Crippen LogP contribution in [0.5, 0.6) is 0 Å². The number of rotatable bonds is 1. The van der Waals surface area contributed by atoms with Crippen molar-refractivity contribution < 1.29 is 14.7 Å². The van der Waals surface area contributed by atoms with Gasteiger partial charge in [0, 0.05) is 6.42 Å². The SMILES string of the molecule is NC(=O)C1(O)CCCCC1=O. The summed E-state index contributed by atoms with van der Waals surface area (Å²) in [6, 6.07) is 0. The number of carbonyl (C=O) groups is 2. The summed E-state index contributed by atoms with van der Waals surface area (Å²) in [5.41, 5.74) is 3.02. The first-order valence-corrected chi connectivity index (χ1v) is 3.63. The summed E-state index contributed by atoms with van der Waals surface area (Å²) in [5.74, 6) is -1.35. The topological polar surface area (TPSA) is 80.4 Å². The van der Waals surface area contributed by atoms with E-state index in [1.807, 2.05) is 0 Å². The van der Waals surface area contributed by atoms with Gasteiger partial charge in [-0.3, -0.25) is 9.59 Å². The molecule has 0 bridgehead atoms. The molecule has 3 N–H and O–H groups in total. The van der Waals surface area contributed by atoms with Crippen molar-refractivity contribution >= 4 is 11.7 Å². The summed E-state index contributed by atoms with van der Waals surface area (Å²) in [5, 5.41) is 9.39. The zero-order chi connectivity index (χ0) is 8.48. The fourth-order valence-corrected chi connectivity index (χ4v) is 1.27. The first-order valence-electron chi connectivity index (χ1n) is 3.63. The Bertz CT molecular complexity index is 202. The van der Waals surface area contributed by atoms with E-state index in [1.54, 1.807) is 0 Å². The Morgan fingerprint density at radius 2 is 2.18 bits per heavy atom. The van der Waals surface area contributed by atoms with Crippen LogP contribution in [-0.2, 0) is 9.59 Å². The van der Waals surface area contributed by atoms with E-state index < -0.39 is 17.3 Å². The molecule has 1 unspecified atom stereocenters. The number of Topliss-reactive ketones (excluding diaryl/α,β-unsaturated/α-hetero) is 1. The van der Waals surface area contributed by atoms with E-state index in [-0.39, 0.29) is 12.8 Å². The summed E-state index contributed by atoms with van der Waals surface area (Å²) in [6.07, 6.45) is 1.88. The van der Waals surface area contributed by atoms with Gasteiger partial charge in [0.05, 0.1) is 0 Å². The maximum absolute atomic E-state index is 11.0. The van der Waals surface area contributed by atoms with Gasteiger partial charge < -0.3 is 10.8 Å². The molecule has 0 aromatic heterocycles. The molecule has 0 aromatic carbocycles. The van der Waals surface area contributed by atoms with Crippen LogP contribution >= 0.6 is 0 Å². The summed E-state index contributed by atoms with van der Waals surface area (Å²) >= 11 is 0. The zero-order valence-electron chi connectivity index (χ0n) is 6.17. The number of ketones is 1. The van der Waals surface area contributed by atoms with Gasteiger partial charge in [0.1, 0.15) is 0 Å². The van der Waals surface area contributed by atoms with Crippen LogP contribution < -0.4 is 5.73 Å². The number of hydrogen-bond donors (Lipinski definition) is 2. The second-order valence-electron chi connectivity index (χ2n) is 2.85. The Morgan fingerprint density at radius 1 is 1.55 bits per heavy atom. The van der Waals surface area contributed by atoms with Gasteiger partial charge in [0.25, 0.3) is 5.91 Å². The molecule has 1 atom stereocenters.